The van der Waals surface area contributed by atoms with Crippen molar-refractivity contribution in [2.45, 2.75) is 64.1 Å². The second-order valence-electron chi connectivity index (χ2n) is 6.79. The molecule has 2 aliphatic heterocycles. The number of nitrogens with zero attached hydrogens (tertiary/aromatic N) is 2. The number of nitrogens with one attached hydrogen (secondary N) is 1. The first-order valence-corrected chi connectivity index (χ1v) is 7.78. The molecule has 2 rings (SSSR count). The lowest BCUT2D eigenvalue weighted by molar-refractivity contribution is -0.163. The van der Waals surface area contributed by atoms with E-state index in [2.05, 4.69) is 5.32 Å². The minimum Gasteiger partial charge on any atom is -0.442 e. The zero-order chi connectivity index (χ0) is 16.5. The van der Waals surface area contributed by atoms with E-state index >= 15 is 0 Å². The van der Waals surface area contributed by atoms with Crippen LogP contribution < -0.4 is 5.32 Å². The first-order chi connectivity index (χ1) is 10.2. The fraction of sp³-hybridized carbons (Fsp3) is 0.800. The summed E-state index contributed by atoms with van der Waals surface area (Å²) in [5, 5.41) is 5.56. The molecule has 124 valence electrons. The highest BCUT2D eigenvalue weighted by Gasteiger charge is 2.44. The molecule has 0 aromatic heterocycles. The standard InChI is InChI=1S/C15H25N3O4/c1-15(2,3)22-14(21)17-9-5-6-11-12(19)8-7-10(16-4)13(20)18(11)17/h10-11,16H,5-9H2,1-4H3/t10?,11-/m1/s1. The summed E-state index contributed by atoms with van der Waals surface area (Å²) in [7, 11) is 1.69. The van der Waals surface area contributed by atoms with Crippen LogP contribution in [-0.4, -0.2) is 59.1 Å². The number of carbonyl (C=O) groups is 3. The van der Waals surface area contributed by atoms with Gasteiger partial charge < -0.3 is 10.1 Å². The minimum atomic E-state index is -0.647. The molecule has 1 unspecified atom stereocenters. The Morgan fingerprint density at radius 3 is 2.55 bits per heavy atom. The predicted octanol–water partition coefficient (Wildman–Crippen LogP) is 1.08. The lowest BCUT2D eigenvalue weighted by Gasteiger charge is -2.43. The van der Waals surface area contributed by atoms with Crippen LogP contribution in [0.25, 0.3) is 0 Å². The smallest absolute Gasteiger partial charge is 0.429 e. The van der Waals surface area contributed by atoms with Crippen molar-refractivity contribution >= 4 is 17.8 Å². The van der Waals surface area contributed by atoms with Crippen LogP contribution in [0, 0.1) is 0 Å². The number of amides is 2. The van der Waals surface area contributed by atoms with E-state index in [1.54, 1.807) is 27.8 Å². The minimum absolute atomic E-state index is 0.0133. The molecular formula is C15H25N3O4. The molecule has 0 bridgehead atoms. The summed E-state index contributed by atoms with van der Waals surface area (Å²) in [6, 6.07) is -0.996. The van der Waals surface area contributed by atoms with Gasteiger partial charge in [-0.3, -0.25) is 9.59 Å². The Balaban J connectivity index is 2.28. The van der Waals surface area contributed by atoms with E-state index in [1.165, 1.54) is 10.0 Å². The fourth-order valence-electron chi connectivity index (χ4n) is 2.90. The molecule has 0 saturated carbocycles. The van der Waals surface area contributed by atoms with Gasteiger partial charge in [0.1, 0.15) is 11.6 Å². The summed E-state index contributed by atoms with van der Waals surface area (Å²) in [6.45, 7) is 5.72. The molecule has 2 heterocycles. The van der Waals surface area contributed by atoms with Crippen molar-refractivity contribution in [2.75, 3.05) is 13.6 Å². The highest BCUT2D eigenvalue weighted by atomic mass is 16.6. The molecule has 0 radical (unpaired) electrons. The number of ether oxygens (including phenoxy) is 1. The number of fused-ring (bicyclic) bond motifs is 1. The Hall–Kier alpha value is -1.63. The van der Waals surface area contributed by atoms with Crippen LogP contribution in [0.4, 0.5) is 4.79 Å². The monoisotopic (exact) mass is 311 g/mol. The van der Waals surface area contributed by atoms with E-state index in [1.807, 2.05) is 0 Å². The van der Waals surface area contributed by atoms with Crippen molar-refractivity contribution in [3.8, 4) is 0 Å². The number of hydrazine groups is 1. The molecule has 0 aromatic rings. The zero-order valence-corrected chi connectivity index (χ0v) is 13.7. The molecular weight excluding hydrogens is 286 g/mol. The van der Waals surface area contributed by atoms with Gasteiger partial charge in [0, 0.05) is 13.0 Å². The maximum Gasteiger partial charge on any atom is 0.429 e. The zero-order valence-electron chi connectivity index (χ0n) is 13.7. The summed E-state index contributed by atoms with van der Waals surface area (Å²) < 4.78 is 5.38. The van der Waals surface area contributed by atoms with E-state index in [0.717, 1.165) is 0 Å². The lowest BCUT2D eigenvalue weighted by Crippen LogP contribution is -2.62. The molecule has 22 heavy (non-hydrogen) atoms. The van der Waals surface area contributed by atoms with Gasteiger partial charge in [-0.05, 0) is 47.1 Å². The summed E-state index contributed by atoms with van der Waals surface area (Å²) in [4.78, 5) is 37.4. The quantitative estimate of drug-likeness (QED) is 0.784. The Labute approximate surface area is 130 Å². The van der Waals surface area contributed by atoms with Crippen LogP contribution in [-0.2, 0) is 14.3 Å². The maximum absolute atomic E-state index is 12.7. The van der Waals surface area contributed by atoms with Gasteiger partial charge in [0.25, 0.3) is 5.91 Å². The van der Waals surface area contributed by atoms with Gasteiger partial charge in [-0.25, -0.2) is 14.8 Å². The number of hydrogen-bond acceptors (Lipinski definition) is 5. The van der Waals surface area contributed by atoms with Crippen molar-refractivity contribution in [1.82, 2.24) is 15.3 Å². The average molecular weight is 311 g/mol. The first kappa shape index (κ1) is 16.7. The number of Topliss-reactive ketones (excluding diaryl/α,β-unsaturated/α-hetero) is 1. The van der Waals surface area contributed by atoms with Crippen LogP contribution >= 0.6 is 0 Å². The van der Waals surface area contributed by atoms with Crippen molar-refractivity contribution in [1.29, 1.82) is 0 Å². The Kier molecular flexibility index (Phi) is 4.75. The topological polar surface area (TPSA) is 79.0 Å². The van der Waals surface area contributed by atoms with Crippen molar-refractivity contribution in [3.05, 3.63) is 0 Å². The van der Waals surface area contributed by atoms with E-state index in [-0.39, 0.29) is 11.7 Å². The average Bonchev–Trinajstić information content (AvgIpc) is 2.55. The highest BCUT2D eigenvalue weighted by Crippen LogP contribution is 2.27. The largest absolute Gasteiger partial charge is 0.442 e. The van der Waals surface area contributed by atoms with E-state index in [9.17, 15) is 14.4 Å². The van der Waals surface area contributed by atoms with Crippen molar-refractivity contribution in [3.63, 3.8) is 0 Å². The molecule has 2 saturated heterocycles. The third-order valence-corrected chi connectivity index (χ3v) is 3.93. The number of likely N-dealkylation sites (N-methyl/N-ethyl adjacent to an activating group) is 1. The summed E-state index contributed by atoms with van der Waals surface area (Å²) >= 11 is 0. The van der Waals surface area contributed by atoms with Gasteiger partial charge in [-0.1, -0.05) is 0 Å². The lowest BCUT2D eigenvalue weighted by atomic mass is 10.0. The second-order valence-corrected chi connectivity index (χ2v) is 6.79. The molecule has 0 aromatic carbocycles. The highest BCUT2D eigenvalue weighted by molar-refractivity contribution is 5.94. The van der Waals surface area contributed by atoms with E-state index in [0.29, 0.717) is 32.2 Å². The van der Waals surface area contributed by atoms with Gasteiger partial charge in [0.15, 0.2) is 5.78 Å². The number of hydrogen-bond donors (Lipinski definition) is 1. The maximum atomic E-state index is 12.7. The number of ketones is 1. The van der Waals surface area contributed by atoms with Crippen LogP contribution in [0.5, 0.6) is 0 Å². The first-order valence-electron chi connectivity index (χ1n) is 7.78. The van der Waals surface area contributed by atoms with Gasteiger partial charge in [-0.2, -0.15) is 0 Å². The van der Waals surface area contributed by atoms with Gasteiger partial charge in [0.05, 0.1) is 6.04 Å². The molecule has 2 aliphatic rings. The van der Waals surface area contributed by atoms with Gasteiger partial charge in [-0.15, -0.1) is 0 Å². The van der Waals surface area contributed by atoms with Gasteiger partial charge >= 0.3 is 6.09 Å². The van der Waals surface area contributed by atoms with E-state index < -0.39 is 23.8 Å². The van der Waals surface area contributed by atoms with Crippen molar-refractivity contribution < 1.29 is 19.1 Å². The molecule has 2 atom stereocenters. The van der Waals surface area contributed by atoms with Crippen LogP contribution in [0.2, 0.25) is 0 Å². The molecule has 1 N–H and O–H groups in total. The Morgan fingerprint density at radius 1 is 1.27 bits per heavy atom. The Morgan fingerprint density at radius 2 is 1.95 bits per heavy atom. The number of rotatable bonds is 1. The molecule has 2 fully saturated rings. The fourth-order valence-corrected chi connectivity index (χ4v) is 2.90. The van der Waals surface area contributed by atoms with Crippen LogP contribution in [0.15, 0.2) is 0 Å². The summed E-state index contributed by atoms with van der Waals surface area (Å²) in [5.41, 5.74) is -0.647. The third-order valence-electron chi connectivity index (χ3n) is 3.93. The predicted molar refractivity (Wildman–Crippen MR) is 79.9 cm³/mol. The summed E-state index contributed by atoms with van der Waals surface area (Å²) in [6.07, 6.45) is 1.52. The van der Waals surface area contributed by atoms with E-state index in [4.69, 9.17) is 4.74 Å². The SMILES string of the molecule is CNC1CCC(=O)[C@H]2CCCN(C(=O)OC(C)(C)C)N2C1=O. The van der Waals surface area contributed by atoms with Crippen molar-refractivity contribution in [2.24, 2.45) is 0 Å². The van der Waals surface area contributed by atoms with Crippen LogP contribution in [0.1, 0.15) is 46.5 Å². The molecule has 2 amide bonds. The summed E-state index contributed by atoms with van der Waals surface area (Å²) in [5.74, 6) is -0.219. The van der Waals surface area contributed by atoms with Crippen LogP contribution in [0.3, 0.4) is 0 Å². The molecule has 7 nitrogen and oxygen atoms in total. The molecule has 7 heteroatoms. The molecule has 0 spiro atoms. The Bertz CT molecular complexity index is 472. The second kappa shape index (κ2) is 6.24. The number of carbonyl (C=O) groups excluding carboxylic acids is 3. The third kappa shape index (κ3) is 3.40. The molecule has 0 aliphatic carbocycles. The van der Waals surface area contributed by atoms with Gasteiger partial charge in [0.2, 0.25) is 0 Å². The normalized spacial score (nSPS) is 26.5.